The number of aromatic hydroxyl groups is 1. The van der Waals surface area contributed by atoms with Gasteiger partial charge >= 0.3 is 0 Å². The van der Waals surface area contributed by atoms with E-state index in [-0.39, 0.29) is 5.75 Å². The molecular formula is C18H20N2O3. The molecule has 5 heteroatoms. The standard InChI is InChI=1S/C18H20N2O3/c1-22-15-5-3-11(9-13(15)19)10-14-17-12(7-8-20-14)4-6-16(23-2)18(17)21/h3-6,9,21H,7-8,10,19H2,1-2H3. The highest BCUT2D eigenvalue weighted by Crippen LogP contribution is 2.35. The van der Waals surface area contributed by atoms with Gasteiger partial charge in [0.2, 0.25) is 0 Å². The zero-order valence-corrected chi connectivity index (χ0v) is 13.3. The predicted molar refractivity (Wildman–Crippen MR) is 90.9 cm³/mol. The highest BCUT2D eigenvalue weighted by Gasteiger charge is 2.21. The lowest BCUT2D eigenvalue weighted by molar-refractivity contribution is 0.372. The number of ether oxygens (including phenoxy) is 2. The minimum absolute atomic E-state index is 0.157. The molecule has 2 aromatic carbocycles. The lowest BCUT2D eigenvalue weighted by Gasteiger charge is -2.20. The van der Waals surface area contributed by atoms with Crippen LogP contribution in [0, 0.1) is 0 Å². The third kappa shape index (κ3) is 2.82. The molecule has 0 bridgehead atoms. The predicted octanol–water partition coefficient (Wildman–Crippen LogP) is 2.58. The number of aliphatic imine (C=N–C) groups is 1. The molecule has 0 saturated heterocycles. The number of nitrogens with zero attached hydrogens (tertiary/aromatic N) is 1. The lowest BCUT2D eigenvalue weighted by Crippen LogP contribution is -2.16. The van der Waals surface area contributed by atoms with E-state index in [0.717, 1.165) is 35.4 Å². The fraction of sp³-hybridized carbons (Fsp3) is 0.278. The third-order valence-electron chi connectivity index (χ3n) is 4.09. The number of nitrogens with two attached hydrogens (primary N) is 1. The average Bonchev–Trinajstić information content (AvgIpc) is 2.55. The average molecular weight is 312 g/mol. The van der Waals surface area contributed by atoms with Crippen LogP contribution < -0.4 is 15.2 Å². The van der Waals surface area contributed by atoms with Crippen LogP contribution in [0.15, 0.2) is 35.3 Å². The summed E-state index contributed by atoms with van der Waals surface area (Å²) in [7, 11) is 3.14. The van der Waals surface area contributed by atoms with Crippen LogP contribution in [0.3, 0.4) is 0 Å². The fourth-order valence-electron chi connectivity index (χ4n) is 2.93. The van der Waals surface area contributed by atoms with E-state index < -0.39 is 0 Å². The minimum Gasteiger partial charge on any atom is -0.504 e. The molecule has 1 aliphatic rings. The van der Waals surface area contributed by atoms with Gasteiger partial charge in [-0.15, -0.1) is 0 Å². The van der Waals surface area contributed by atoms with Crippen molar-refractivity contribution in [2.75, 3.05) is 26.5 Å². The first-order chi connectivity index (χ1) is 11.1. The van der Waals surface area contributed by atoms with Gasteiger partial charge in [0.1, 0.15) is 5.75 Å². The van der Waals surface area contributed by atoms with Crippen molar-refractivity contribution >= 4 is 11.4 Å². The zero-order chi connectivity index (χ0) is 16.4. The second-order valence-corrected chi connectivity index (χ2v) is 5.48. The molecule has 0 atom stereocenters. The number of fused-ring (bicyclic) bond motifs is 1. The van der Waals surface area contributed by atoms with E-state index in [9.17, 15) is 5.11 Å². The molecule has 0 aromatic heterocycles. The van der Waals surface area contributed by atoms with Crippen LogP contribution in [-0.2, 0) is 12.8 Å². The van der Waals surface area contributed by atoms with Gasteiger partial charge in [0.25, 0.3) is 0 Å². The Morgan fingerprint density at radius 3 is 2.57 bits per heavy atom. The zero-order valence-electron chi connectivity index (χ0n) is 13.3. The van der Waals surface area contributed by atoms with Gasteiger partial charge in [0, 0.05) is 18.5 Å². The molecule has 0 amide bonds. The minimum atomic E-state index is 0.157. The van der Waals surface area contributed by atoms with Crippen molar-refractivity contribution < 1.29 is 14.6 Å². The smallest absolute Gasteiger partial charge is 0.167 e. The van der Waals surface area contributed by atoms with Crippen molar-refractivity contribution in [2.45, 2.75) is 12.8 Å². The molecule has 2 aromatic rings. The number of methoxy groups -OCH3 is 2. The van der Waals surface area contributed by atoms with Crippen molar-refractivity contribution in [3.05, 3.63) is 47.0 Å². The number of phenols is 1. The highest BCUT2D eigenvalue weighted by atomic mass is 16.5. The van der Waals surface area contributed by atoms with Crippen molar-refractivity contribution in [1.82, 2.24) is 0 Å². The molecule has 3 N–H and O–H groups in total. The van der Waals surface area contributed by atoms with Crippen LogP contribution in [0.2, 0.25) is 0 Å². The topological polar surface area (TPSA) is 77.1 Å². The summed E-state index contributed by atoms with van der Waals surface area (Å²) in [6, 6.07) is 9.48. The summed E-state index contributed by atoms with van der Waals surface area (Å²) in [5.74, 6) is 1.28. The van der Waals surface area contributed by atoms with E-state index in [0.29, 0.717) is 23.6 Å². The van der Waals surface area contributed by atoms with Gasteiger partial charge in [-0.25, -0.2) is 0 Å². The van der Waals surface area contributed by atoms with Gasteiger partial charge in [-0.05, 0) is 35.7 Å². The number of rotatable bonds is 4. The number of hydrogen-bond acceptors (Lipinski definition) is 5. The van der Waals surface area contributed by atoms with Gasteiger partial charge in [0.05, 0.1) is 25.6 Å². The van der Waals surface area contributed by atoms with Gasteiger partial charge in [-0.2, -0.15) is 0 Å². The van der Waals surface area contributed by atoms with Crippen molar-refractivity contribution in [3.63, 3.8) is 0 Å². The summed E-state index contributed by atoms with van der Waals surface area (Å²) in [6.45, 7) is 0.722. The molecule has 0 saturated carbocycles. The monoisotopic (exact) mass is 312 g/mol. The molecule has 1 heterocycles. The Morgan fingerprint density at radius 2 is 1.87 bits per heavy atom. The van der Waals surface area contributed by atoms with Crippen LogP contribution in [-0.4, -0.2) is 31.6 Å². The fourth-order valence-corrected chi connectivity index (χ4v) is 2.93. The molecule has 23 heavy (non-hydrogen) atoms. The van der Waals surface area contributed by atoms with Gasteiger partial charge in [-0.1, -0.05) is 12.1 Å². The van der Waals surface area contributed by atoms with E-state index in [1.807, 2.05) is 24.3 Å². The second kappa shape index (κ2) is 6.20. The molecule has 5 nitrogen and oxygen atoms in total. The molecule has 0 fully saturated rings. The number of benzene rings is 2. The molecule has 0 unspecified atom stereocenters. The summed E-state index contributed by atoms with van der Waals surface area (Å²) in [4.78, 5) is 4.60. The summed E-state index contributed by atoms with van der Waals surface area (Å²) in [6.07, 6.45) is 1.42. The third-order valence-corrected chi connectivity index (χ3v) is 4.09. The Labute approximate surface area is 135 Å². The maximum absolute atomic E-state index is 10.5. The maximum atomic E-state index is 10.5. The van der Waals surface area contributed by atoms with Crippen LogP contribution in [0.5, 0.6) is 17.2 Å². The van der Waals surface area contributed by atoms with Crippen molar-refractivity contribution in [1.29, 1.82) is 0 Å². The van der Waals surface area contributed by atoms with Crippen molar-refractivity contribution in [2.24, 2.45) is 4.99 Å². The highest BCUT2D eigenvalue weighted by molar-refractivity contribution is 6.06. The molecule has 0 radical (unpaired) electrons. The summed E-state index contributed by atoms with van der Waals surface area (Å²) in [5, 5.41) is 10.5. The van der Waals surface area contributed by atoms with Gasteiger partial charge < -0.3 is 20.3 Å². The Balaban J connectivity index is 1.96. The SMILES string of the molecule is COc1ccc(CC2=NCCc3ccc(OC)c(O)c32)cc1N. The van der Waals surface area contributed by atoms with Crippen LogP contribution in [0.4, 0.5) is 5.69 Å². The molecule has 0 aliphatic carbocycles. The van der Waals surface area contributed by atoms with E-state index in [4.69, 9.17) is 15.2 Å². The van der Waals surface area contributed by atoms with Gasteiger partial charge in [0.15, 0.2) is 11.5 Å². The molecule has 0 spiro atoms. The molecule has 1 aliphatic heterocycles. The Hall–Kier alpha value is -2.69. The van der Waals surface area contributed by atoms with Gasteiger partial charge in [-0.3, -0.25) is 4.99 Å². The van der Waals surface area contributed by atoms with Crippen LogP contribution in [0.1, 0.15) is 16.7 Å². The summed E-state index contributed by atoms with van der Waals surface area (Å²) >= 11 is 0. The van der Waals surface area contributed by atoms with E-state index in [2.05, 4.69) is 4.99 Å². The van der Waals surface area contributed by atoms with E-state index in [1.165, 1.54) is 0 Å². The first-order valence-corrected chi connectivity index (χ1v) is 7.49. The number of phenolic OH excluding ortho intramolecular Hbond substituents is 1. The van der Waals surface area contributed by atoms with Crippen LogP contribution in [0.25, 0.3) is 0 Å². The first-order valence-electron chi connectivity index (χ1n) is 7.49. The Morgan fingerprint density at radius 1 is 1.13 bits per heavy atom. The summed E-state index contributed by atoms with van der Waals surface area (Å²) < 4.78 is 10.4. The maximum Gasteiger partial charge on any atom is 0.167 e. The van der Waals surface area contributed by atoms with Crippen molar-refractivity contribution in [3.8, 4) is 17.2 Å². The summed E-state index contributed by atoms with van der Waals surface area (Å²) in [5.41, 5.74) is 10.3. The first kappa shape index (κ1) is 15.2. The molecule has 3 rings (SSSR count). The Kier molecular flexibility index (Phi) is 4.10. The molecular weight excluding hydrogens is 292 g/mol. The van der Waals surface area contributed by atoms with E-state index >= 15 is 0 Å². The Bertz CT molecular complexity index is 769. The number of nitrogen functional groups attached to an aromatic ring is 1. The normalized spacial score (nSPS) is 13.2. The van der Waals surface area contributed by atoms with E-state index in [1.54, 1.807) is 20.3 Å². The quantitative estimate of drug-likeness (QED) is 0.851. The molecule has 120 valence electrons. The lowest BCUT2D eigenvalue weighted by atomic mass is 9.92. The number of hydrogen-bond donors (Lipinski definition) is 2. The number of anilines is 1. The second-order valence-electron chi connectivity index (χ2n) is 5.48. The largest absolute Gasteiger partial charge is 0.504 e. The van der Waals surface area contributed by atoms with Crippen LogP contribution >= 0.6 is 0 Å².